The first-order valence-corrected chi connectivity index (χ1v) is 9.96. The normalized spacial score (nSPS) is 9.37. The number of aliphatic hydroxyl groups excluding tert-OH is 1. The number of halogens is 3. The van der Waals surface area contributed by atoms with Crippen molar-refractivity contribution in [3.63, 3.8) is 0 Å². The molecule has 164 valence electrons. The number of hydrogen-bond acceptors (Lipinski definition) is 3. The largest absolute Gasteiger partial charge is 0.512 e. The van der Waals surface area contributed by atoms with Gasteiger partial charge in [0.05, 0.1) is 12.7 Å². The van der Waals surface area contributed by atoms with Crippen molar-refractivity contribution in [3.8, 4) is 11.1 Å². The van der Waals surface area contributed by atoms with Crippen LogP contribution in [0.15, 0.2) is 42.9 Å². The number of ether oxygens (including phenoxy) is 1. The number of rotatable bonds is 2. The molecule has 0 saturated carbocycles. The summed E-state index contributed by atoms with van der Waals surface area (Å²) in [7, 11) is 6.89. The maximum absolute atomic E-state index is 14.1. The van der Waals surface area contributed by atoms with E-state index in [-0.39, 0.29) is 24.3 Å². The van der Waals surface area contributed by atoms with E-state index in [1.165, 1.54) is 36.8 Å². The van der Waals surface area contributed by atoms with Crippen LogP contribution in [0.1, 0.15) is 40.0 Å². The van der Waals surface area contributed by atoms with Crippen LogP contribution >= 0.6 is 11.3 Å². The van der Waals surface area contributed by atoms with Crippen molar-refractivity contribution in [2.45, 2.75) is 42.0 Å². The maximum Gasteiger partial charge on any atom is 0.133 e. The van der Waals surface area contributed by atoms with Gasteiger partial charge in [0.2, 0.25) is 0 Å². The summed E-state index contributed by atoms with van der Waals surface area (Å²) in [5.41, 5.74) is 0.376. The van der Waals surface area contributed by atoms with Crippen molar-refractivity contribution in [1.29, 1.82) is 0 Å². The minimum Gasteiger partial charge on any atom is -0.512 e. The highest BCUT2D eigenvalue weighted by Crippen LogP contribution is 2.40. The molecule has 0 atom stereocenters. The lowest BCUT2D eigenvalue weighted by molar-refractivity contribution is 0.316. The Morgan fingerprint density at radius 2 is 1.50 bits per heavy atom. The van der Waals surface area contributed by atoms with Crippen LogP contribution in [0.2, 0.25) is 0 Å². The van der Waals surface area contributed by atoms with Crippen LogP contribution in [0.3, 0.4) is 0 Å². The summed E-state index contributed by atoms with van der Waals surface area (Å²) in [6.07, 6.45) is 2.01. The van der Waals surface area contributed by atoms with Gasteiger partial charge in [-0.05, 0) is 37.3 Å². The molecule has 2 aromatic carbocycles. The summed E-state index contributed by atoms with van der Waals surface area (Å²) < 4.78 is 46.3. The van der Waals surface area contributed by atoms with Gasteiger partial charge in [-0.3, -0.25) is 0 Å². The van der Waals surface area contributed by atoms with E-state index in [1.54, 1.807) is 13.0 Å². The van der Waals surface area contributed by atoms with Gasteiger partial charge in [-0.25, -0.2) is 13.2 Å². The predicted molar refractivity (Wildman–Crippen MR) is 125 cm³/mol. The molecule has 0 aliphatic carbocycles. The Labute approximate surface area is 183 Å². The van der Waals surface area contributed by atoms with Gasteiger partial charge in [0.1, 0.15) is 37.8 Å². The quantitative estimate of drug-likeness (QED) is 0.333. The molecule has 3 rings (SSSR count). The van der Waals surface area contributed by atoms with Gasteiger partial charge < -0.3 is 9.84 Å². The molecule has 2 nitrogen and oxygen atoms in total. The SMILES string of the molecule is C.CC.CC.CO/C=C\O.[B]c1cc(F)c(-c2c(C)sc3cc(F)ccc23)c(F)c1. The molecule has 0 amide bonds. The second-order valence-corrected chi connectivity index (χ2v) is 6.31. The first-order chi connectivity index (χ1) is 13.9. The number of hydrogen-bond donors (Lipinski definition) is 1. The summed E-state index contributed by atoms with van der Waals surface area (Å²) in [5, 5.41) is 8.40. The molecular weight excluding hydrogens is 408 g/mol. The molecule has 0 saturated heterocycles. The molecule has 2 radical (unpaired) electrons. The zero-order valence-electron chi connectivity index (χ0n) is 17.5. The minimum atomic E-state index is -0.713. The summed E-state index contributed by atoms with van der Waals surface area (Å²) in [6, 6.07) is 6.36. The van der Waals surface area contributed by atoms with Crippen LogP contribution in [-0.4, -0.2) is 20.1 Å². The van der Waals surface area contributed by atoms with Gasteiger partial charge in [-0.15, -0.1) is 11.3 Å². The summed E-state index contributed by atoms with van der Waals surface area (Å²) >= 11 is 1.30. The third kappa shape index (κ3) is 7.79. The Morgan fingerprint density at radius 1 is 0.967 bits per heavy atom. The lowest BCUT2D eigenvalue weighted by Gasteiger charge is -2.07. The van der Waals surface area contributed by atoms with Crippen LogP contribution in [0.4, 0.5) is 13.2 Å². The summed E-state index contributed by atoms with van der Waals surface area (Å²) in [6.45, 7) is 9.76. The molecule has 0 bridgehead atoms. The van der Waals surface area contributed by atoms with Crippen molar-refractivity contribution in [2.75, 3.05) is 7.11 Å². The van der Waals surface area contributed by atoms with E-state index in [9.17, 15) is 13.2 Å². The van der Waals surface area contributed by atoms with E-state index in [0.717, 1.165) is 23.3 Å². The lowest BCUT2D eigenvalue weighted by atomic mass is 9.92. The van der Waals surface area contributed by atoms with Crippen molar-refractivity contribution in [2.24, 2.45) is 0 Å². The van der Waals surface area contributed by atoms with Gasteiger partial charge in [0.15, 0.2) is 0 Å². The topological polar surface area (TPSA) is 29.5 Å². The number of methoxy groups -OCH3 is 1. The number of thiophene rings is 1. The second kappa shape index (κ2) is 15.4. The molecule has 0 fully saturated rings. The molecule has 0 spiro atoms. The average molecular weight is 438 g/mol. The molecule has 0 aliphatic heterocycles. The molecule has 7 heteroatoms. The zero-order valence-corrected chi connectivity index (χ0v) is 18.3. The molecule has 3 aromatic rings. The molecule has 0 aliphatic rings. The third-order valence-electron chi connectivity index (χ3n) is 3.34. The first-order valence-electron chi connectivity index (χ1n) is 9.14. The first kappa shape index (κ1) is 29.8. The lowest BCUT2D eigenvalue weighted by Crippen LogP contribution is -2.06. The number of aryl methyl sites for hydroxylation is 1. The van der Waals surface area contributed by atoms with Gasteiger partial charge in [-0.2, -0.15) is 0 Å². The van der Waals surface area contributed by atoms with Crippen molar-refractivity contribution < 1.29 is 23.0 Å². The smallest absolute Gasteiger partial charge is 0.133 e. The number of aliphatic hydroxyl groups is 1. The van der Waals surface area contributed by atoms with E-state index in [2.05, 4.69) is 4.74 Å². The summed E-state index contributed by atoms with van der Waals surface area (Å²) in [4.78, 5) is 0.730. The van der Waals surface area contributed by atoms with Crippen LogP contribution in [0.5, 0.6) is 0 Å². The highest BCUT2D eigenvalue weighted by atomic mass is 32.1. The maximum atomic E-state index is 14.1. The highest BCUT2D eigenvalue weighted by Gasteiger charge is 2.19. The molecular formula is C23H30BF3O2S. The number of fused-ring (bicyclic) bond motifs is 1. The molecule has 30 heavy (non-hydrogen) atoms. The van der Waals surface area contributed by atoms with Crippen LogP contribution in [0.25, 0.3) is 21.2 Å². The Morgan fingerprint density at radius 3 is 1.93 bits per heavy atom. The fourth-order valence-corrected chi connectivity index (χ4v) is 3.49. The second-order valence-electron chi connectivity index (χ2n) is 5.05. The fraction of sp³-hybridized carbons (Fsp3) is 0.304. The van der Waals surface area contributed by atoms with Gasteiger partial charge >= 0.3 is 0 Å². The van der Waals surface area contributed by atoms with E-state index >= 15 is 0 Å². The van der Waals surface area contributed by atoms with Gasteiger partial charge in [0, 0.05) is 20.5 Å². The zero-order chi connectivity index (χ0) is 22.6. The van der Waals surface area contributed by atoms with Crippen molar-refractivity contribution >= 4 is 34.7 Å². The van der Waals surface area contributed by atoms with Gasteiger partial charge in [-0.1, -0.05) is 40.6 Å². The van der Waals surface area contributed by atoms with Crippen LogP contribution in [0, 0.1) is 24.4 Å². The van der Waals surface area contributed by atoms with Gasteiger partial charge in [0.25, 0.3) is 0 Å². The van der Waals surface area contributed by atoms with Crippen LogP contribution < -0.4 is 5.46 Å². The minimum absolute atomic E-state index is 0. The van der Waals surface area contributed by atoms with E-state index in [0.29, 0.717) is 15.6 Å². The highest BCUT2D eigenvalue weighted by molar-refractivity contribution is 7.19. The molecule has 1 aromatic heterocycles. The Balaban J connectivity index is 0. The molecule has 1 heterocycles. The Hall–Kier alpha value is -2.41. The molecule has 1 N–H and O–H groups in total. The fourth-order valence-electron chi connectivity index (χ4n) is 2.40. The standard InChI is InChI=1S/C15H8BF3S.C3H6O2.2C2H6.CH4/c1-7-14(10-3-2-9(17)6-13(10)20-7)15-11(18)4-8(16)5-12(15)19;1-5-3-2-4;2*1-2;/h2-6H,1H3;2-4H,1H3;2*1-2H3;1H4/b;3-2-;;;. The third-order valence-corrected chi connectivity index (χ3v) is 4.41. The van der Waals surface area contributed by atoms with E-state index < -0.39 is 11.6 Å². The Kier molecular flexibility index (Phi) is 15.3. The van der Waals surface area contributed by atoms with Crippen molar-refractivity contribution in [1.82, 2.24) is 0 Å². The number of benzene rings is 2. The van der Waals surface area contributed by atoms with Crippen LogP contribution in [-0.2, 0) is 4.74 Å². The average Bonchev–Trinajstić information content (AvgIpc) is 3.00. The Bertz CT molecular complexity index is 901. The van der Waals surface area contributed by atoms with Crippen molar-refractivity contribution in [3.05, 3.63) is 65.2 Å². The predicted octanol–water partition coefficient (Wildman–Crippen LogP) is 7.44. The van der Waals surface area contributed by atoms with E-state index in [4.69, 9.17) is 13.0 Å². The monoisotopic (exact) mass is 438 g/mol. The van der Waals surface area contributed by atoms with E-state index in [1.807, 2.05) is 27.7 Å². The summed E-state index contributed by atoms with van der Waals surface area (Å²) in [5.74, 6) is -1.80. The molecule has 0 unspecified atom stereocenters.